The molecule has 0 bridgehead atoms. The first-order chi connectivity index (χ1) is 14.2. The number of hydrogen-bond donors (Lipinski definition) is 0. The number of carbonyl (C=O) groups is 2. The maximum Gasteiger partial charge on any atom is 0.514 e. The summed E-state index contributed by atoms with van der Waals surface area (Å²) in [6, 6.07) is 11.2. The summed E-state index contributed by atoms with van der Waals surface area (Å²) in [5, 5.41) is 2.58. The zero-order chi connectivity index (χ0) is 22.0. The van der Waals surface area contributed by atoms with Gasteiger partial charge in [0, 0.05) is 21.5 Å². The van der Waals surface area contributed by atoms with Gasteiger partial charge >= 0.3 is 12.3 Å². The van der Waals surface area contributed by atoms with Gasteiger partial charge in [0.15, 0.2) is 5.75 Å². The van der Waals surface area contributed by atoms with Crippen LogP contribution >= 0.6 is 0 Å². The number of benzene rings is 3. The van der Waals surface area contributed by atoms with E-state index in [1.807, 2.05) is 50.2 Å². The Hall–Kier alpha value is -3.28. The summed E-state index contributed by atoms with van der Waals surface area (Å²) >= 11 is 0. The van der Waals surface area contributed by atoms with Gasteiger partial charge in [-0.3, -0.25) is 0 Å². The van der Waals surface area contributed by atoms with E-state index in [1.54, 1.807) is 27.7 Å². The Kier molecular flexibility index (Phi) is 6.15. The second-order valence-electron chi connectivity index (χ2n) is 7.75. The molecule has 3 aromatic rings. The number of hydrogen-bond acceptors (Lipinski definition) is 6. The molecule has 0 amide bonds. The Balaban J connectivity index is 2.30. The van der Waals surface area contributed by atoms with E-state index in [4.69, 9.17) is 18.9 Å². The van der Waals surface area contributed by atoms with Crippen molar-refractivity contribution < 1.29 is 28.5 Å². The average Bonchev–Trinajstić information content (AvgIpc) is 2.62. The van der Waals surface area contributed by atoms with Crippen LogP contribution in [-0.2, 0) is 9.47 Å². The van der Waals surface area contributed by atoms with Gasteiger partial charge in [0.25, 0.3) is 0 Å². The molecule has 6 heteroatoms. The van der Waals surface area contributed by atoms with Crippen molar-refractivity contribution in [2.75, 3.05) is 0 Å². The quantitative estimate of drug-likeness (QED) is 0.279. The second kappa shape index (κ2) is 8.61. The first-order valence-electron chi connectivity index (χ1n) is 9.90. The molecular weight excluding hydrogens is 384 g/mol. The number of fused-ring (bicyclic) bond motifs is 2. The van der Waals surface area contributed by atoms with Crippen LogP contribution in [0.3, 0.4) is 0 Å². The Bertz CT molecular complexity index is 1110. The molecule has 0 N–H and O–H groups in total. The van der Waals surface area contributed by atoms with E-state index in [9.17, 15) is 9.59 Å². The molecule has 0 heterocycles. The molecule has 0 aromatic heterocycles. The number of carbonyl (C=O) groups excluding carboxylic acids is 2. The van der Waals surface area contributed by atoms with Crippen LogP contribution in [0.4, 0.5) is 9.59 Å². The normalized spacial score (nSPS) is 11.2. The first kappa shape index (κ1) is 21.4. The van der Waals surface area contributed by atoms with Gasteiger partial charge in [-0.05, 0) is 53.2 Å². The summed E-state index contributed by atoms with van der Waals surface area (Å²) in [4.78, 5) is 24.6. The molecule has 0 radical (unpaired) electrons. The summed E-state index contributed by atoms with van der Waals surface area (Å²) in [7, 11) is 0. The van der Waals surface area contributed by atoms with E-state index in [0.717, 1.165) is 11.1 Å². The Morgan fingerprint density at radius 1 is 0.733 bits per heavy atom. The Labute approximate surface area is 175 Å². The second-order valence-corrected chi connectivity index (χ2v) is 7.75. The lowest BCUT2D eigenvalue weighted by Crippen LogP contribution is -2.17. The van der Waals surface area contributed by atoms with Crippen LogP contribution in [-0.4, -0.2) is 24.5 Å². The summed E-state index contributed by atoms with van der Waals surface area (Å²) in [6.45, 7) is 10.9. The molecule has 3 aromatic carbocycles. The minimum Gasteiger partial charge on any atom is -0.431 e. The van der Waals surface area contributed by atoms with Crippen molar-refractivity contribution in [2.24, 2.45) is 0 Å². The summed E-state index contributed by atoms with van der Waals surface area (Å²) in [5.41, 5.74) is 1.86. The van der Waals surface area contributed by atoms with Crippen LogP contribution in [0.1, 0.15) is 38.8 Å². The van der Waals surface area contributed by atoms with E-state index in [-0.39, 0.29) is 12.2 Å². The molecule has 0 unspecified atom stereocenters. The van der Waals surface area contributed by atoms with Gasteiger partial charge < -0.3 is 18.9 Å². The predicted molar refractivity (Wildman–Crippen MR) is 115 cm³/mol. The van der Waals surface area contributed by atoms with Crippen molar-refractivity contribution in [3.63, 3.8) is 0 Å². The highest BCUT2D eigenvalue weighted by Gasteiger charge is 2.23. The number of rotatable bonds is 4. The predicted octanol–water partition coefficient (Wildman–Crippen LogP) is 6.46. The third-order valence-electron chi connectivity index (χ3n) is 4.40. The van der Waals surface area contributed by atoms with Crippen LogP contribution < -0.4 is 9.47 Å². The van der Waals surface area contributed by atoms with Crippen molar-refractivity contribution in [1.29, 1.82) is 0 Å². The van der Waals surface area contributed by atoms with Crippen LogP contribution in [0, 0.1) is 13.8 Å². The van der Waals surface area contributed by atoms with Crippen LogP contribution in [0.25, 0.3) is 21.5 Å². The monoisotopic (exact) mass is 410 g/mol. The zero-order valence-electron chi connectivity index (χ0n) is 18.1. The van der Waals surface area contributed by atoms with Crippen LogP contribution in [0.2, 0.25) is 0 Å². The fraction of sp³-hybridized carbons (Fsp3) is 0.333. The Morgan fingerprint density at radius 3 is 1.77 bits per heavy atom. The van der Waals surface area contributed by atoms with E-state index >= 15 is 0 Å². The lowest BCUT2D eigenvalue weighted by molar-refractivity contribution is 0.0719. The third-order valence-corrected chi connectivity index (χ3v) is 4.40. The van der Waals surface area contributed by atoms with E-state index in [2.05, 4.69) is 0 Å². The molecule has 6 nitrogen and oxygen atoms in total. The van der Waals surface area contributed by atoms with Crippen molar-refractivity contribution in [3.8, 4) is 11.5 Å². The molecule has 3 rings (SSSR count). The lowest BCUT2D eigenvalue weighted by Gasteiger charge is -2.19. The van der Waals surface area contributed by atoms with Crippen LogP contribution in [0.15, 0.2) is 36.4 Å². The smallest absolute Gasteiger partial charge is 0.431 e. The average molecular weight is 410 g/mol. The molecule has 0 saturated carbocycles. The van der Waals surface area contributed by atoms with Gasteiger partial charge in [-0.15, -0.1) is 0 Å². The van der Waals surface area contributed by atoms with E-state index in [1.165, 1.54) is 0 Å². The first-order valence-corrected chi connectivity index (χ1v) is 9.90. The minimum absolute atomic E-state index is 0.313. The molecule has 0 fully saturated rings. The number of aryl methyl sites for hydroxylation is 2. The van der Waals surface area contributed by atoms with Gasteiger partial charge in [-0.2, -0.15) is 0 Å². The maximum absolute atomic E-state index is 12.3. The largest absolute Gasteiger partial charge is 0.514 e. The van der Waals surface area contributed by atoms with Crippen molar-refractivity contribution >= 4 is 33.9 Å². The van der Waals surface area contributed by atoms with Gasteiger partial charge in [0.05, 0.1) is 12.2 Å². The summed E-state index contributed by atoms with van der Waals surface area (Å²) in [5.74, 6) is 0.732. The third kappa shape index (κ3) is 4.48. The van der Waals surface area contributed by atoms with E-state index < -0.39 is 12.3 Å². The highest BCUT2D eigenvalue weighted by Crippen LogP contribution is 2.44. The molecule has 0 spiro atoms. The molecule has 158 valence electrons. The Morgan fingerprint density at radius 2 is 1.23 bits per heavy atom. The molecule has 0 atom stereocenters. The zero-order valence-corrected chi connectivity index (χ0v) is 18.1. The molecule has 0 aliphatic carbocycles. The highest BCUT2D eigenvalue weighted by molar-refractivity contribution is 6.13. The molecular formula is C24H26O6. The van der Waals surface area contributed by atoms with Gasteiger partial charge in [0.1, 0.15) is 5.75 Å². The lowest BCUT2D eigenvalue weighted by atomic mass is 9.95. The summed E-state index contributed by atoms with van der Waals surface area (Å²) in [6.07, 6.45) is -2.20. The van der Waals surface area contributed by atoms with Crippen molar-refractivity contribution in [1.82, 2.24) is 0 Å². The van der Waals surface area contributed by atoms with Gasteiger partial charge in [-0.25, -0.2) is 9.59 Å². The fourth-order valence-corrected chi connectivity index (χ4v) is 3.42. The van der Waals surface area contributed by atoms with Crippen molar-refractivity contribution in [2.45, 2.75) is 53.8 Å². The fourth-order valence-electron chi connectivity index (χ4n) is 3.42. The van der Waals surface area contributed by atoms with Crippen LogP contribution in [0.5, 0.6) is 11.5 Å². The molecule has 0 saturated heterocycles. The minimum atomic E-state index is -0.788. The SMILES string of the molecule is Cc1cc(C)c2c(OC(=O)OC(C)C)c3ccccc3c(OC(=O)OC(C)C)c2c1. The standard InChI is InChI=1S/C24H26O6/c1-13(2)27-23(25)29-21-17-9-7-8-10-18(17)22(30-24(26)28-14(3)4)20-16(6)11-15(5)12-19(20)21/h7-14H,1-6H3. The van der Waals surface area contributed by atoms with Gasteiger partial charge in [-0.1, -0.05) is 35.9 Å². The molecule has 30 heavy (non-hydrogen) atoms. The molecule has 0 aliphatic rings. The number of ether oxygens (including phenoxy) is 4. The maximum atomic E-state index is 12.3. The van der Waals surface area contributed by atoms with Gasteiger partial charge in [0.2, 0.25) is 0 Å². The summed E-state index contributed by atoms with van der Waals surface area (Å²) < 4.78 is 21.7. The van der Waals surface area contributed by atoms with Crippen molar-refractivity contribution in [3.05, 3.63) is 47.5 Å². The topological polar surface area (TPSA) is 71.1 Å². The highest BCUT2D eigenvalue weighted by atomic mass is 16.7. The molecule has 0 aliphatic heterocycles. The van der Waals surface area contributed by atoms with E-state index in [0.29, 0.717) is 33.0 Å².